The summed E-state index contributed by atoms with van der Waals surface area (Å²) in [6, 6.07) is 19.3. The van der Waals surface area contributed by atoms with E-state index in [0.717, 1.165) is 39.0 Å². The van der Waals surface area contributed by atoms with Gasteiger partial charge in [0, 0.05) is 5.56 Å². The fraction of sp³-hybridized carbons (Fsp3) is 0.185. The second-order valence-electron chi connectivity index (χ2n) is 8.60. The maximum atomic E-state index is 13.5. The van der Waals surface area contributed by atoms with Gasteiger partial charge < -0.3 is 0 Å². The molecule has 2 aromatic heterocycles. The normalized spacial score (nSPS) is 11.4. The molecule has 0 spiro atoms. The smallest absolute Gasteiger partial charge is 0.267 e. The zero-order chi connectivity index (χ0) is 24.0. The van der Waals surface area contributed by atoms with Gasteiger partial charge in [0.2, 0.25) is 5.78 Å². The summed E-state index contributed by atoms with van der Waals surface area (Å²) in [4.78, 5) is 26.5. The van der Waals surface area contributed by atoms with Crippen molar-refractivity contribution >= 4 is 34.2 Å². The maximum absolute atomic E-state index is 13.5. The molecule has 170 valence electrons. The number of para-hydroxylation sites is 1. The highest BCUT2D eigenvalue weighted by molar-refractivity contribution is 7.99. The lowest BCUT2D eigenvalue weighted by atomic mass is 10.0. The van der Waals surface area contributed by atoms with Gasteiger partial charge in [-0.2, -0.15) is 0 Å². The standard InChI is InChI=1S/C27H24N4O2S/c1-16-10-12-22(19(4)13-16)30-25(33)20-7-5-6-8-23(20)31-26(30)28-29-27(31)34-15-24(32)21-14-17(2)9-11-18(21)3/h5-14H,15H2,1-4H3. The quantitative estimate of drug-likeness (QED) is 0.261. The molecule has 0 aliphatic heterocycles. The van der Waals surface area contributed by atoms with Crippen molar-refractivity contribution in [3.05, 3.63) is 98.8 Å². The van der Waals surface area contributed by atoms with E-state index in [-0.39, 0.29) is 17.1 Å². The number of hydrogen-bond acceptors (Lipinski definition) is 5. The van der Waals surface area contributed by atoms with E-state index in [1.165, 1.54) is 11.8 Å². The molecule has 6 nitrogen and oxygen atoms in total. The summed E-state index contributed by atoms with van der Waals surface area (Å²) in [6.45, 7) is 7.93. The lowest BCUT2D eigenvalue weighted by Crippen LogP contribution is -2.22. The van der Waals surface area contributed by atoms with Gasteiger partial charge in [0.1, 0.15) is 0 Å². The number of ketones is 1. The molecule has 0 bridgehead atoms. The molecular formula is C27H24N4O2S. The monoisotopic (exact) mass is 468 g/mol. The highest BCUT2D eigenvalue weighted by Crippen LogP contribution is 2.25. The first-order chi connectivity index (χ1) is 16.3. The minimum absolute atomic E-state index is 0.0370. The van der Waals surface area contributed by atoms with E-state index in [0.29, 0.717) is 16.3 Å². The third kappa shape index (κ3) is 3.72. The van der Waals surface area contributed by atoms with Crippen molar-refractivity contribution < 1.29 is 4.79 Å². The van der Waals surface area contributed by atoms with Gasteiger partial charge in [-0.25, -0.2) is 4.57 Å². The molecule has 2 heterocycles. The number of benzene rings is 3. The number of carbonyl (C=O) groups excluding carboxylic acids is 1. The van der Waals surface area contributed by atoms with Crippen LogP contribution in [0.2, 0.25) is 0 Å². The first-order valence-corrected chi connectivity index (χ1v) is 12.0. The van der Waals surface area contributed by atoms with Crippen LogP contribution < -0.4 is 5.56 Å². The molecule has 0 atom stereocenters. The summed E-state index contributed by atoms with van der Waals surface area (Å²) >= 11 is 1.33. The van der Waals surface area contributed by atoms with E-state index in [4.69, 9.17) is 0 Å². The van der Waals surface area contributed by atoms with Crippen LogP contribution in [0, 0.1) is 27.7 Å². The number of aryl methyl sites for hydroxylation is 4. The Labute approximate surface area is 201 Å². The number of nitrogens with zero attached hydrogens (tertiary/aromatic N) is 4. The first-order valence-electron chi connectivity index (χ1n) is 11.0. The van der Waals surface area contributed by atoms with E-state index in [1.54, 1.807) is 4.57 Å². The third-order valence-electron chi connectivity index (χ3n) is 6.01. The average Bonchev–Trinajstić information content (AvgIpc) is 3.24. The Morgan fingerprint density at radius 3 is 2.41 bits per heavy atom. The summed E-state index contributed by atoms with van der Waals surface area (Å²) in [5.41, 5.74) is 6.16. The minimum Gasteiger partial charge on any atom is -0.293 e. The summed E-state index contributed by atoms with van der Waals surface area (Å²) < 4.78 is 3.48. The predicted molar refractivity (Wildman–Crippen MR) is 137 cm³/mol. The number of aromatic nitrogens is 4. The summed E-state index contributed by atoms with van der Waals surface area (Å²) in [6.07, 6.45) is 0. The summed E-state index contributed by atoms with van der Waals surface area (Å²) in [7, 11) is 0. The van der Waals surface area contributed by atoms with Crippen molar-refractivity contribution in [2.45, 2.75) is 32.9 Å². The van der Waals surface area contributed by atoms with Crippen LogP contribution >= 0.6 is 11.8 Å². The maximum Gasteiger partial charge on any atom is 0.267 e. The van der Waals surface area contributed by atoms with Gasteiger partial charge in [-0.1, -0.05) is 59.3 Å². The van der Waals surface area contributed by atoms with Gasteiger partial charge in [-0.3, -0.25) is 14.0 Å². The van der Waals surface area contributed by atoms with E-state index < -0.39 is 0 Å². The van der Waals surface area contributed by atoms with Gasteiger partial charge in [-0.15, -0.1) is 10.2 Å². The zero-order valence-electron chi connectivity index (χ0n) is 19.5. The van der Waals surface area contributed by atoms with Gasteiger partial charge in [0.05, 0.1) is 22.3 Å². The van der Waals surface area contributed by atoms with Crippen molar-refractivity contribution in [1.29, 1.82) is 0 Å². The second kappa shape index (κ2) is 8.57. The van der Waals surface area contributed by atoms with Crippen LogP contribution in [0.4, 0.5) is 0 Å². The largest absolute Gasteiger partial charge is 0.293 e. The van der Waals surface area contributed by atoms with Crippen LogP contribution in [0.3, 0.4) is 0 Å². The lowest BCUT2D eigenvalue weighted by molar-refractivity contribution is 0.102. The average molecular weight is 469 g/mol. The zero-order valence-corrected chi connectivity index (χ0v) is 20.3. The molecule has 0 aliphatic carbocycles. The fourth-order valence-corrected chi connectivity index (χ4v) is 5.11. The third-order valence-corrected chi connectivity index (χ3v) is 6.94. The second-order valence-corrected chi connectivity index (χ2v) is 9.54. The molecule has 0 amide bonds. The molecule has 0 aliphatic rings. The van der Waals surface area contributed by atoms with Crippen LogP contribution in [0.15, 0.2) is 70.6 Å². The summed E-state index contributed by atoms with van der Waals surface area (Å²) in [5.74, 6) is 0.689. The van der Waals surface area contributed by atoms with Crippen LogP contribution in [-0.2, 0) is 0 Å². The van der Waals surface area contributed by atoms with E-state index in [9.17, 15) is 9.59 Å². The van der Waals surface area contributed by atoms with Crippen molar-refractivity contribution in [3.63, 3.8) is 0 Å². The summed E-state index contributed by atoms with van der Waals surface area (Å²) in [5, 5.41) is 9.92. The predicted octanol–water partition coefficient (Wildman–Crippen LogP) is 5.24. The Balaban J connectivity index is 1.65. The Kier molecular flexibility index (Phi) is 5.57. The molecule has 3 aromatic carbocycles. The van der Waals surface area contributed by atoms with Crippen LogP contribution in [0.5, 0.6) is 0 Å². The van der Waals surface area contributed by atoms with Crippen LogP contribution in [0.1, 0.15) is 32.6 Å². The molecule has 0 N–H and O–H groups in total. The molecule has 0 unspecified atom stereocenters. The molecule has 5 rings (SSSR count). The van der Waals surface area contributed by atoms with Gasteiger partial charge >= 0.3 is 0 Å². The van der Waals surface area contributed by atoms with Gasteiger partial charge in [0.25, 0.3) is 5.56 Å². The van der Waals surface area contributed by atoms with Gasteiger partial charge in [-0.05, 0) is 63.1 Å². The number of thioether (sulfide) groups is 1. The number of fused-ring (bicyclic) bond motifs is 3. The molecular weight excluding hydrogens is 444 g/mol. The van der Waals surface area contributed by atoms with Crippen LogP contribution in [0.25, 0.3) is 22.4 Å². The molecule has 34 heavy (non-hydrogen) atoms. The molecule has 0 saturated carbocycles. The first kappa shape index (κ1) is 22.1. The Hall–Kier alpha value is -3.71. The number of carbonyl (C=O) groups is 1. The van der Waals surface area contributed by atoms with E-state index in [2.05, 4.69) is 10.2 Å². The Morgan fingerprint density at radius 1 is 0.882 bits per heavy atom. The number of rotatable bonds is 5. The molecule has 7 heteroatoms. The number of Topliss-reactive ketones (excluding diaryl/α,β-unsaturated/α-hetero) is 1. The minimum atomic E-state index is -0.148. The molecule has 0 radical (unpaired) electrons. The fourth-order valence-electron chi connectivity index (χ4n) is 4.29. The molecule has 0 saturated heterocycles. The van der Waals surface area contributed by atoms with E-state index in [1.807, 2.05) is 92.8 Å². The number of hydrogen-bond donors (Lipinski definition) is 0. The lowest BCUT2D eigenvalue weighted by Gasteiger charge is -2.13. The van der Waals surface area contributed by atoms with Crippen molar-refractivity contribution in [1.82, 2.24) is 19.2 Å². The highest BCUT2D eigenvalue weighted by atomic mass is 32.2. The Bertz CT molecular complexity index is 1650. The van der Waals surface area contributed by atoms with Crippen molar-refractivity contribution in [2.24, 2.45) is 0 Å². The molecule has 5 aromatic rings. The van der Waals surface area contributed by atoms with Crippen LogP contribution in [-0.4, -0.2) is 30.7 Å². The highest BCUT2D eigenvalue weighted by Gasteiger charge is 2.20. The SMILES string of the molecule is Cc1ccc(-n2c(=O)c3ccccc3n3c(SCC(=O)c4cc(C)ccc4C)nnc23)c(C)c1. The van der Waals surface area contributed by atoms with Gasteiger partial charge in [0.15, 0.2) is 10.9 Å². The van der Waals surface area contributed by atoms with Crippen molar-refractivity contribution in [3.8, 4) is 5.69 Å². The Morgan fingerprint density at radius 2 is 1.62 bits per heavy atom. The topological polar surface area (TPSA) is 69.3 Å². The van der Waals surface area contributed by atoms with E-state index >= 15 is 0 Å². The molecule has 0 fully saturated rings. The van der Waals surface area contributed by atoms with Crippen molar-refractivity contribution in [2.75, 3.05) is 5.75 Å².